The molecular weight excluding hydrogens is 220 g/mol. The predicted molar refractivity (Wildman–Crippen MR) is 68.7 cm³/mol. The van der Waals surface area contributed by atoms with Crippen molar-refractivity contribution in [3.8, 4) is 6.07 Å². The van der Waals surface area contributed by atoms with Gasteiger partial charge in [-0.25, -0.2) is 0 Å². The second-order valence-corrected chi connectivity index (χ2v) is 4.29. The summed E-state index contributed by atoms with van der Waals surface area (Å²) in [5.41, 5.74) is 1.70. The molecule has 0 spiro atoms. The van der Waals surface area contributed by atoms with Crippen molar-refractivity contribution in [1.82, 2.24) is 0 Å². The molecule has 0 aliphatic rings. The highest BCUT2D eigenvalue weighted by Gasteiger charge is 2.13. The van der Waals surface area contributed by atoms with Crippen LogP contribution in [0.2, 0.25) is 0 Å². The summed E-state index contributed by atoms with van der Waals surface area (Å²) >= 11 is 5.93. The van der Waals surface area contributed by atoms with Crippen LogP contribution in [0.1, 0.15) is 25.8 Å². The zero-order valence-corrected chi connectivity index (χ0v) is 10.5. The molecule has 0 saturated heterocycles. The van der Waals surface area contributed by atoms with Gasteiger partial charge in [-0.1, -0.05) is 20.3 Å². The molecule has 1 rings (SSSR count). The van der Waals surface area contributed by atoms with Gasteiger partial charge < -0.3 is 5.32 Å². The number of benzene rings is 1. The van der Waals surface area contributed by atoms with Gasteiger partial charge in [0.2, 0.25) is 0 Å². The van der Waals surface area contributed by atoms with Gasteiger partial charge in [-0.3, -0.25) is 0 Å². The molecule has 1 aromatic rings. The van der Waals surface area contributed by atoms with Crippen molar-refractivity contribution in [2.75, 3.05) is 11.2 Å². The SMILES string of the molecule is CCC(C)C(CCl)Nc1ccc(C#N)cc1. The minimum Gasteiger partial charge on any atom is -0.381 e. The van der Waals surface area contributed by atoms with E-state index in [0.717, 1.165) is 12.1 Å². The van der Waals surface area contributed by atoms with E-state index >= 15 is 0 Å². The van der Waals surface area contributed by atoms with Gasteiger partial charge in [0.25, 0.3) is 0 Å². The van der Waals surface area contributed by atoms with Crippen molar-refractivity contribution in [3.05, 3.63) is 29.8 Å². The van der Waals surface area contributed by atoms with E-state index in [-0.39, 0.29) is 6.04 Å². The minimum atomic E-state index is 0.277. The van der Waals surface area contributed by atoms with Crippen LogP contribution in [-0.2, 0) is 0 Å². The molecule has 0 aliphatic carbocycles. The third kappa shape index (κ3) is 3.43. The number of anilines is 1. The number of rotatable bonds is 5. The Labute approximate surface area is 102 Å². The first-order chi connectivity index (χ1) is 7.71. The molecular formula is C13H17ClN2. The summed E-state index contributed by atoms with van der Waals surface area (Å²) in [5, 5.41) is 12.1. The summed E-state index contributed by atoms with van der Waals surface area (Å²) in [5.74, 6) is 1.13. The second kappa shape index (κ2) is 6.40. The van der Waals surface area contributed by atoms with Crippen molar-refractivity contribution in [3.63, 3.8) is 0 Å². The Morgan fingerprint density at radius 3 is 2.44 bits per heavy atom. The van der Waals surface area contributed by atoms with Crippen LogP contribution in [0.25, 0.3) is 0 Å². The Hall–Kier alpha value is -1.20. The van der Waals surface area contributed by atoms with Crippen molar-refractivity contribution in [1.29, 1.82) is 5.26 Å². The second-order valence-electron chi connectivity index (χ2n) is 3.98. The van der Waals surface area contributed by atoms with Gasteiger partial charge in [0.15, 0.2) is 0 Å². The van der Waals surface area contributed by atoms with E-state index in [2.05, 4.69) is 25.2 Å². The van der Waals surface area contributed by atoms with Gasteiger partial charge in [-0.05, 0) is 30.2 Å². The van der Waals surface area contributed by atoms with Crippen LogP contribution < -0.4 is 5.32 Å². The maximum atomic E-state index is 8.69. The first-order valence-electron chi connectivity index (χ1n) is 5.54. The van der Waals surface area contributed by atoms with Gasteiger partial charge in [-0.15, -0.1) is 11.6 Å². The highest BCUT2D eigenvalue weighted by atomic mass is 35.5. The van der Waals surface area contributed by atoms with Crippen LogP contribution >= 0.6 is 11.6 Å². The molecule has 0 aromatic heterocycles. The molecule has 2 unspecified atom stereocenters. The monoisotopic (exact) mass is 236 g/mol. The fourth-order valence-electron chi connectivity index (χ4n) is 1.47. The third-order valence-corrected chi connectivity index (χ3v) is 3.20. The molecule has 86 valence electrons. The predicted octanol–water partition coefficient (Wildman–Crippen LogP) is 3.62. The maximum Gasteiger partial charge on any atom is 0.0991 e. The summed E-state index contributed by atoms with van der Waals surface area (Å²) in [7, 11) is 0. The molecule has 0 saturated carbocycles. The zero-order valence-electron chi connectivity index (χ0n) is 9.70. The summed E-state index contributed by atoms with van der Waals surface area (Å²) in [4.78, 5) is 0. The normalized spacial score (nSPS) is 13.9. The molecule has 0 bridgehead atoms. The van der Waals surface area contributed by atoms with Crippen LogP contribution in [0.5, 0.6) is 0 Å². The highest BCUT2D eigenvalue weighted by Crippen LogP contribution is 2.16. The molecule has 1 N–H and O–H groups in total. The molecule has 0 aliphatic heterocycles. The molecule has 1 aromatic carbocycles. The number of nitriles is 1. The number of nitrogens with zero attached hydrogens (tertiary/aromatic N) is 1. The van der Waals surface area contributed by atoms with E-state index in [1.165, 1.54) is 0 Å². The van der Waals surface area contributed by atoms with Crippen molar-refractivity contribution < 1.29 is 0 Å². The number of alkyl halides is 1. The fourth-order valence-corrected chi connectivity index (χ4v) is 1.85. The van der Waals surface area contributed by atoms with Gasteiger partial charge >= 0.3 is 0 Å². The standard InChI is InChI=1S/C13H17ClN2/c1-3-10(2)13(8-14)16-12-6-4-11(9-15)5-7-12/h4-7,10,13,16H,3,8H2,1-2H3. The lowest BCUT2D eigenvalue weighted by Gasteiger charge is -2.23. The maximum absolute atomic E-state index is 8.69. The van der Waals surface area contributed by atoms with Crippen LogP contribution in [-0.4, -0.2) is 11.9 Å². The largest absolute Gasteiger partial charge is 0.381 e. The Morgan fingerprint density at radius 2 is 2.00 bits per heavy atom. The lowest BCUT2D eigenvalue weighted by Crippen LogP contribution is -2.28. The number of hydrogen-bond donors (Lipinski definition) is 1. The van der Waals surface area contributed by atoms with Crippen molar-refractivity contribution in [2.24, 2.45) is 5.92 Å². The molecule has 2 nitrogen and oxygen atoms in total. The summed E-state index contributed by atoms with van der Waals surface area (Å²) in [6.45, 7) is 4.34. The quantitative estimate of drug-likeness (QED) is 0.793. The van der Waals surface area contributed by atoms with Crippen LogP contribution in [0.3, 0.4) is 0 Å². The zero-order chi connectivity index (χ0) is 12.0. The van der Waals surface area contributed by atoms with E-state index in [1.54, 1.807) is 0 Å². The van der Waals surface area contributed by atoms with E-state index in [0.29, 0.717) is 17.4 Å². The smallest absolute Gasteiger partial charge is 0.0991 e. The lowest BCUT2D eigenvalue weighted by atomic mass is 10.0. The summed E-state index contributed by atoms with van der Waals surface area (Å²) < 4.78 is 0. The number of hydrogen-bond acceptors (Lipinski definition) is 2. The van der Waals surface area contributed by atoms with Crippen molar-refractivity contribution in [2.45, 2.75) is 26.3 Å². The van der Waals surface area contributed by atoms with Crippen molar-refractivity contribution >= 4 is 17.3 Å². The topological polar surface area (TPSA) is 35.8 Å². The van der Waals surface area contributed by atoms with Crippen LogP contribution in [0, 0.1) is 17.2 Å². The molecule has 16 heavy (non-hydrogen) atoms. The van der Waals surface area contributed by atoms with E-state index in [4.69, 9.17) is 16.9 Å². The van der Waals surface area contributed by atoms with Gasteiger partial charge in [0, 0.05) is 17.6 Å². The van der Waals surface area contributed by atoms with E-state index in [9.17, 15) is 0 Å². The Morgan fingerprint density at radius 1 is 1.38 bits per heavy atom. The van der Waals surface area contributed by atoms with Gasteiger partial charge in [0.1, 0.15) is 0 Å². The lowest BCUT2D eigenvalue weighted by molar-refractivity contribution is 0.498. The first-order valence-corrected chi connectivity index (χ1v) is 6.07. The molecule has 0 heterocycles. The molecule has 2 atom stereocenters. The third-order valence-electron chi connectivity index (χ3n) is 2.86. The van der Waals surface area contributed by atoms with E-state index < -0.39 is 0 Å². The minimum absolute atomic E-state index is 0.277. The average Bonchev–Trinajstić information content (AvgIpc) is 2.35. The van der Waals surface area contributed by atoms with Gasteiger partial charge in [0.05, 0.1) is 11.6 Å². The van der Waals surface area contributed by atoms with Crippen LogP contribution in [0.4, 0.5) is 5.69 Å². The Balaban J connectivity index is 2.67. The average molecular weight is 237 g/mol. The number of nitrogens with one attached hydrogen (secondary N) is 1. The molecule has 0 radical (unpaired) electrons. The van der Waals surface area contributed by atoms with Crippen LogP contribution in [0.15, 0.2) is 24.3 Å². The summed E-state index contributed by atoms with van der Waals surface area (Å²) in [6.07, 6.45) is 1.10. The number of halogens is 1. The highest BCUT2D eigenvalue weighted by molar-refractivity contribution is 6.18. The summed E-state index contributed by atoms with van der Waals surface area (Å²) in [6, 6.07) is 9.83. The molecule has 3 heteroatoms. The van der Waals surface area contributed by atoms with E-state index in [1.807, 2.05) is 24.3 Å². The Kier molecular flexibility index (Phi) is 5.14. The first kappa shape index (κ1) is 12.9. The molecule has 0 amide bonds. The van der Waals surface area contributed by atoms with Gasteiger partial charge in [-0.2, -0.15) is 5.26 Å². The Bertz CT molecular complexity index is 353. The molecule has 0 fully saturated rings. The fraction of sp³-hybridized carbons (Fsp3) is 0.462.